The summed E-state index contributed by atoms with van der Waals surface area (Å²) in [6.45, 7) is 4.75. The van der Waals surface area contributed by atoms with Crippen molar-refractivity contribution < 1.29 is 23.9 Å². The number of ether oxygens (including phenoxy) is 1. The standard InChI is InChI=1S/C22H21ClFNO3/c1-13-7-9-25(10-8-13)12-16-19(26)6-5-14-21(27)20(28-22(14)16)11-15-17(23)3-2-4-18(15)24/h2-6,11,13,26H,7-10,12H2,1H3. The van der Waals surface area contributed by atoms with Crippen LogP contribution in [-0.2, 0) is 6.54 Å². The highest BCUT2D eigenvalue weighted by Crippen LogP contribution is 2.39. The number of fused-ring (bicyclic) bond motifs is 1. The van der Waals surface area contributed by atoms with Crippen LogP contribution in [0.5, 0.6) is 11.5 Å². The van der Waals surface area contributed by atoms with E-state index in [2.05, 4.69) is 6.92 Å². The van der Waals surface area contributed by atoms with Crippen LogP contribution in [0.25, 0.3) is 6.08 Å². The fraction of sp³-hybridized carbons (Fsp3) is 0.318. The number of nitrogens with one attached hydrogen (secondary N) is 1. The molecule has 0 saturated carbocycles. The minimum absolute atomic E-state index is 0.0175. The lowest BCUT2D eigenvalue weighted by Crippen LogP contribution is -3.11. The van der Waals surface area contributed by atoms with E-state index >= 15 is 0 Å². The van der Waals surface area contributed by atoms with Crippen molar-refractivity contribution in [3.05, 3.63) is 63.6 Å². The maximum atomic E-state index is 14.1. The Kier molecular flexibility index (Phi) is 5.13. The van der Waals surface area contributed by atoms with Crippen molar-refractivity contribution in [1.29, 1.82) is 0 Å². The van der Waals surface area contributed by atoms with Gasteiger partial charge in [-0.15, -0.1) is 0 Å². The maximum Gasteiger partial charge on any atom is 0.231 e. The molecular weight excluding hydrogens is 381 g/mol. The number of hydrogen-bond acceptors (Lipinski definition) is 3. The zero-order chi connectivity index (χ0) is 19.8. The molecule has 1 saturated heterocycles. The van der Waals surface area contributed by atoms with Crippen LogP contribution in [0, 0.1) is 11.7 Å². The summed E-state index contributed by atoms with van der Waals surface area (Å²) in [5.74, 6) is -0.0436. The molecule has 0 unspecified atom stereocenters. The Morgan fingerprint density at radius 3 is 2.75 bits per heavy atom. The zero-order valence-electron chi connectivity index (χ0n) is 15.6. The van der Waals surface area contributed by atoms with Gasteiger partial charge >= 0.3 is 0 Å². The SMILES string of the molecule is CC1CC[NH+](Cc2c([O-])ccc3c2OC(=Cc2c(F)cccc2Cl)C3=O)CC1. The number of carbonyl (C=O) groups excluding carboxylic acids is 1. The first-order valence-electron chi connectivity index (χ1n) is 9.48. The third kappa shape index (κ3) is 3.52. The number of carbonyl (C=O) groups is 1. The Morgan fingerprint density at radius 2 is 2.04 bits per heavy atom. The second-order valence-corrected chi connectivity index (χ2v) is 8.01. The van der Waals surface area contributed by atoms with Crippen molar-refractivity contribution in [1.82, 2.24) is 0 Å². The highest BCUT2D eigenvalue weighted by Gasteiger charge is 2.32. The molecule has 2 aliphatic heterocycles. The summed E-state index contributed by atoms with van der Waals surface area (Å²) in [5.41, 5.74) is 0.955. The molecule has 2 aromatic carbocycles. The minimum atomic E-state index is -0.538. The number of likely N-dealkylation sites (tertiary alicyclic amines) is 1. The van der Waals surface area contributed by atoms with E-state index in [9.17, 15) is 14.3 Å². The Labute approximate surface area is 168 Å². The van der Waals surface area contributed by atoms with Crippen LogP contribution in [0.3, 0.4) is 0 Å². The normalized spacial score (nSPS) is 23.0. The Hall–Kier alpha value is -2.37. The van der Waals surface area contributed by atoms with E-state index in [4.69, 9.17) is 16.3 Å². The molecule has 0 atom stereocenters. The molecule has 0 aromatic heterocycles. The van der Waals surface area contributed by atoms with E-state index < -0.39 is 5.82 Å². The van der Waals surface area contributed by atoms with Crippen molar-refractivity contribution in [2.24, 2.45) is 5.92 Å². The van der Waals surface area contributed by atoms with Gasteiger partial charge in [0.2, 0.25) is 5.78 Å². The third-order valence-electron chi connectivity index (χ3n) is 5.58. The zero-order valence-corrected chi connectivity index (χ0v) is 16.3. The smallest absolute Gasteiger partial charge is 0.231 e. The van der Waals surface area contributed by atoms with Crippen molar-refractivity contribution in [3.8, 4) is 11.5 Å². The molecule has 0 spiro atoms. The summed E-state index contributed by atoms with van der Waals surface area (Å²) < 4.78 is 19.9. The van der Waals surface area contributed by atoms with Crippen LogP contribution in [0.1, 0.15) is 41.3 Å². The van der Waals surface area contributed by atoms with E-state index in [0.29, 0.717) is 29.3 Å². The molecule has 28 heavy (non-hydrogen) atoms. The molecule has 2 aromatic rings. The van der Waals surface area contributed by atoms with Gasteiger partial charge in [0.25, 0.3) is 0 Å². The molecule has 2 aliphatic rings. The van der Waals surface area contributed by atoms with E-state index in [-0.39, 0.29) is 27.9 Å². The fourth-order valence-corrected chi connectivity index (χ4v) is 4.05. The summed E-state index contributed by atoms with van der Waals surface area (Å²) >= 11 is 6.06. The number of Topliss-reactive ketones (excluding diaryl/α,β-unsaturated/α-hetero) is 1. The molecule has 2 heterocycles. The molecule has 4 nitrogen and oxygen atoms in total. The van der Waals surface area contributed by atoms with Crippen molar-refractivity contribution in [2.45, 2.75) is 26.3 Å². The molecule has 0 amide bonds. The number of ketones is 1. The first kappa shape index (κ1) is 19.0. The molecule has 0 radical (unpaired) electrons. The van der Waals surface area contributed by atoms with Crippen molar-refractivity contribution in [2.75, 3.05) is 13.1 Å². The lowest BCUT2D eigenvalue weighted by Gasteiger charge is -2.29. The number of quaternary nitrogens is 1. The van der Waals surface area contributed by atoms with Gasteiger partial charge in [-0.25, -0.2) is 4.39 Å². The van der Waals surface area contributed by atoms with E-state index in [1.54, 1.807) is 6.07 Å². The summed E-state index contributed by atoms with van der Waals surface area (Å²) in [6, 6.07) is 7.22. The lowest BCUT2D eigenvalue weighted by atomic mass is 9.98. The molecule has 4 rings (SSSR count). The summed E-state index contributed by atoms with van der Waals surface area (Å²) in [7, 11) is 0. The second kappa shape index (κ2) is 7.57. The predicted molar refractivity (Wildman–Crippen MR) is 103 cm³/mol. The molecule has 0 bridgehead atoms. The van der Waals surface area contributed by atoms with Crippen molar-refractivity contribution >= 4 is 23.5 Å². The lowest BCUT2D eigenvalue weighted by molar-refractivity contribution is -0.919. The average Bonchev–Trinajstić information content (AvgIpc) is 2.98. The van der Waals surface area contributed by atoms with Gasteiger partial charge in [0.15, 0.2) is 5.76 Å². The van der Waals surface area contributed by atoms with Gasteiger partial charge in [0, 0.05) is 11.1 Å². The molecule has 1 fully saturated rings. The largest absolute Gasteiger partial charge is 0.872 e. The van der Waals surface area contributed by atoms with Gasteiger partial charge in [0.1, 0.15) is 18.1 Å². The van der Waals surface area contributed by atoms with E-state index in [1.165, 1.54) is 35.2 Å². The Morgan fingerprint density at radius 1 is 1.29 bits per heavy atom. The molecular formula is C22H21ClFNO3. The maximum absolute atomic E-state index is 14.1. The van der Waals surface area contributed by atoms with Gasteiger partial charge in [0.05, 0.1) is 23.7 Å². The quantitative estimate of drug-likeness (QED) is 0.804. The summed E-state index contributed by atoms with van der Waals surface area (Å²) in [4.78, 5) is 14.1. The molecule has 0 aliphatic carbocycles. The minimum Gasteiger partial charge on any atom is -0.872 e. The van der Waals surface area contributed by atoms with Crippen LogP contribution in [-0.4, -0.2) is 18.9 Å². The van der Waals surface area contributed by atoms with Gasteiger partial charge in [-0.3, -0.25) is 4.79 Å². The first-order valence-corrected chi connectivity index (χ1v) is 9.86. The van der Waals surface area contributed by atoms with E-state index in [0.717, 1.165) is 25.9 Å². The fourth-order valence-electron chi connectivity index (χ4n) is 3.83. The number of piperidine rings is 1. The number of benzene rings is 2. The highest BCUT2D eigenvalue weighted by atomic mass is 35.5. The van der Waals surface area contributed by atoms with Crippen LogP contribution < -0.4 is 14.7 Å². The van der Waals surface area contributed by atoms with Gasteiger partial charge in [-0.2, -0.15) is 0 Å². The molecule has 146 valence electrons. The molecule has 1 N–H and O–H groups in total. The summed E-state index contributed by atoms with van der Waals surface area (Å²) in [6.07, 6.45) is 3.55. The van der Waals surface area contributed by atoms with Crippen molar-refractivity contribution in [3.63, 3.8) is 0 Å². The Balaban J connectivity index is 1.66. The third-order valence-corrected chi connectivity index (χ3v) is 5.91. The molecule has 6 heteroatoms. The number of allylic oxidation sites excluding steroid dienone is 1. The number of halogens is 2. The number of hydrogen-bond donors (Lipinski definition) is 1. The van der Waals surface area contributed by atoms with Crippen LogP contribution in [0.15, 0.2) is 36.1 Å². The first-order chi connectivity index (χ1) is 13.4. The van der Waals surface area contributed by atoms with E-state index in [1.807, 2.05) is 0 Å². The van der Waals surface area contributed by atoms with Crippen LogP contribution >= 0.6 is 11.6 Å². The van der Waals surface area contributed by atoms with Gasteiger partial charge < -0.3 is 14.7 Å². The average molecular weight is 402 g/mol. The number of rotatable bonds is 3. The predicted octanol–water partition coefficient (Wildman–Crippen LogP) is 2.98. The monoisotopic (exact) mass is 401 g/mol. The van der Waals surface area contributed by atoms with Crippen LogP contribution in [0.4, 0.5) is 4.39 Å². The van der Waals surface area contributed by atoms with Crippen LogP contribution in [0.2, 0.25) is 5.02 Å². The van der Waals surface area contributed by atoms with Gasteiger partial charge in [-0.05, 0) is 43.0 Å². The second-order valence-electron chi connectivity index (χ2n) is 7.60. The Bertz CT molecular complexity index is 944. The van der Waals surface area contributed by atoms with Gasteiger partial charge in [-0.1, -0.05) is 36.4 Å². The topological polar surface area (TPSA) is 53.8 Å². The highest BCUT2D eigenvalue weighted by molar-refractivity contribution is 6.32. The summed E-state index contributed by atoms with van der Waals surface area (Å²) in [5, 5.41) is 12.7.